The highest BCUT2D eigenvalue weighted by Crippen LogP contribution is 2.23. The summed E-state index contributed by atoms with van der Waals surface area (Å²) in [7, 11) is -2.98. The molecule has 2 heterocycles. The molecular weight excluding hydrogens is 376 g/mol. The van der Waals surface area contributed by atoms with E-state index in [2.05, 4.69) is 15.5 Å². The Balaban J connectivity index is 1.72. The Hall–Kier alpha value is -2.19. The Morgan fingerprint density at radius 3 is 2.62 bits per heavy atom. The van der Waals surface area contributed by atoms with Gasteiger partial charge in [-0.25, -0.2) is 8.42 Å². The predicted octanol–water partition coefficient (Wildman–Crippen LogP) is 2.40. The summed E-state index contributed by atoms with van der Waals surface area (Å²) in [5.41, 5.74) is 0.353. The van der Waals surface area contributed by atoms with Crippen LogP contribution in [0.15, 0.2) is 36.4 Å². The summed E-state index contributed by atoms with van der Waals surface area (Å²) in [6, 6.07) is 10.0. The Kier molecular flexibility index (Phi) is 5.43. The van der Waals surface area contributed by atoms with Gasteiger partial charge in [-0.2, -0.15) is 0 Å². The van der Waals surface area contributed by atoms with Gasteiger partial charge >= 0.3 is 0 Å². The zero-order valence-electron chi connectivity index (χ0n) is 14.2. The van der Waals surface area contributed by atoms with E-state index < -0.39 is 9.84 Å². The Morgan fingerprint density at radius 1 is 1.27 bits per heavy atom. The fourth-order valence-corrected chi connectivity index (χ4v) is 4.95. The molecular formula is C17H19ClN4O3S. The number of sulfone groups is 1. The lowest BCUT2D eigenvalue weighted by Gasteiger charge is -2.27. The minimum absolute atomic E-state index is 0.0946. The van der Waals surface area contributed by atoms with Gasteiger partial charge in [-0.3, -0.25) is 4.79 Å². The quantitative estimate of drug-likeness (QED) is 0.837. The molecule has 1 N–H and O–H groups in total. The number of hydrogen-bond acceptors (Lipinski definition) is 6. The molecule has 0 saturated carbocycles. The van der Waals surface area contributed by atoms with Crippen molar-refractivity contribution in [2.45, 2.75) is 19.4 Å². The average Bonchev–Trinajstić information content (AvgIpc) is 2.97. The van der Waals surface area contributed by atoms with Crippen molar-refractivity contribution in [2.24, 2.45) is 0 Å². The van der Waals surface area contributed by atoms with Crippen LogP contribution < -0.4 is 10.2 Å². The summed E-state index contributed by atoms with van der Waals surface area (Å²) < 4.78 is 23.4. The Bertz CT molecular complexity index is 902. The highest BCUT2D eigenvalue weighted by molar-refractivity contribution is 7.91. The molecule has 1 aliphatic heterocycles. The maximum atomic E-state index is 12.3. The van der Waals surface area contributed by atoms with Crippen LogP contribution in [0.3, 0.4) is 0 Å². The standard InChI is InChI=1S/C17H19ClN4O3S/c1-2-22(12-9-10-26(24,25)11-12)16-8-7-15(20-21-16)19-17(23)13-5-3-4-6-14(13)18/h3-8,12H,2,9-11H2,1H3,(H,19,20,23). The lowest BCUT2D eigenvalue weighted by atomic mass is 10.2. The first kappa shape index (κ1) is 18.6. The van der Waals surface area contributed by atoms with Crippen LogP contribution in [-0.2, 0) is 9.84 Å². The summed E-state index contributed by atoms with van der Waals surface area (Å²) in [4.78, 5) is 14.2. The molecule has 1 amide bonds. The zero-order chi connectivity index (χ0) is 18.7. The summed E-state index contributed by atoms with van der Waals surface area (Å²) in [5, 5.41) is 11.2. The van der Waals surface area contributed by atoms with Crippen LogP contribution in [0, 0.1) is 0 Å². The van der Waals surface area contributed by atoms with E-state index in [0.29, 0.717) is 35.2 Å². The van der Waals surface area contributed by atoms with Crippen molar-refractivity contribution in [3.05, 3.63) is 47.0 Å². The summed E-state index contributed by atoms with van der Waals surface area (Å²) >= 11 is 6.01. The van der Waals surface area contributed by atoms with Crippen LogP contribution in [0.25, 0.3) is 0 Å². The van der Waals surface area contributed by atoms with Crippen LogP contribution in [-0.4, -0.2) is 48.6 Å². The highest BCUT2D eigenvalue weighted by Gasteiger charge is 2.32. The van der Waals surface area contributed by atoms with Gasteiger partial charge in [0.2, 0.25) is 0 Å². The molecule has 0 aliphatic carbocycles. The topological polar surface area (TPSA) is 92.3 Å². The van der Waals surface area contributed by atoms with Crippen molar-refractivity contribution >= 4 is 39.0 Å². The second-order valence-electron chi connectivity index (χ2n) is 6.05. The predicted molar refractivity (Wildman–Crippen MR) is 102 cm³/mol. The fourth-order valence-electron chi connectivity index (χ4n) is 3.00. The van der Waals surface area contributed by atoms with Crippen molar-refractivity contribution in [3.63, 3.8) is 0 Å². The maximum absolute atomic E-state index is 12.3. The van der Waals surface area contributed by atoms with Crippen molar-refractivity contribution in [1.29, 1.82) is 0 Å². The van der Waals surface area contributed by atoms with Crippen molar-refractivity contribution in [2.75, 3.05) is 28.3 Å². The molecule has 26 heavy (non-hydrogen) atoms. The smallest absolute Gasteiger partial charge is 0.258 e. The molecule has 0 radical (unpaired) electrons. The first-order chi connectivity index (χ1) is 12.4. The largest absolute Gasteiger partial charge is 0.351 e. The van der Waals surface area contributed by atoms with Crippen molar-refractivity contribution in [3.8, 4) is 0 Å². The van der Waals surface area contributed by atoms with E-state index in [9.17, 15) is 13.2 Å². The number of anilines is 2. The Labute approximate surface area is 157 Å². The number of nitrogens with one attached hydrogen (secondary N) is 1. The van der Waals surface area contributed by atoms with E-state index in [1.54, 1.807) is 36.4 Å². The number of halogens is 1. The van der Waals surface area contributed by atoms with Gasteiger partial charge in [-0.1, -0.05) is 23.7 Å². The van der Waals surface area contributed by atoms with Crippen LogP contribution in [0.1, 0.15) is 23.7 Å². The van der Waals surface area contributed by atoms with Crippen LogP contribution in [0.4, 0.5) is 11.6 Å². The van der Waals surface area contributed by atoms with Crippen molar-refractivity contribution in [1.82, 2.24) is 10.2 Å². The molecule has 1 aliphatic rings. The van der Waals surface area contributed by atoms with Gasteiger partial charge in [0.05, 0.1) is 22.1 Å². The number of aromatic nitrogens is 2. The SMILES string of the molecule is CCN(c1ccc(NC(=O)c2ccccc2Cl)nn1)C1CCS(=O)(=O)C1. The van der Waals surface area contributed by atoms with Gasteiger partial charge in [0.25, 0.3) is 5.91 Å². The van der Waals surface area contributed by atoms with Crippen LogP contribution >= 0.6 is 11.6 Å². The summed E-state index contributed by atoms with van der Waals surface area (Å²) in [5.74, 6) is 0.854. The average molecular weight is 395 g/mol. The van der Waals surface area contributed by atoms with E-state index in [0.717, 1.165) is 0 Å². The molecule has 7 nitrogen and oxygen atoms in total. The third-order valence-electron chi connectivity index (χ3n) is 4.29. The van der Waals surface area contributed by atoms with Crippen molar-refractivity contribution < 1.29 is 13.2 Å². The molecule has 1 atom stereocenters. The third-order valence-corrected chi connectivity index (χ3v) is 6.37. The lowest BCUT2D eigenvalue weighted by Crippen LogP contribution is -2.36. The maximum Gasteiger partial charge on any atom is 0.258 e. The number of carbonyl (C=O) groups excluding carboxylic acids is 1. The molecule has 2 aromatic rings. The number of amides is 1. The van der Waals surface area contributed by atoms with Gasteiger partial charge in [0.15, 0.2) is 21.5 Å². The molecule has 1 aromatic heterocycles. The molecule has 1 unspecified atom stereocenters. The molecule has 1 aromatic carbocycles. The monoisotopic (exact) mass is 394 g/mol. The second kappa shape index (κ2) is 7.59. The molecule has 1 fully saturated rings. The molecule has 0 bridgehead atoms. The second-order valence-corrected chi connectivity index (χ2v) is 8.69. The molecule has 9 heteroatoms. The minimum atomic E-state index is -2.98. The summed E-state index contributed by atoms with van der Waals surface area (Å²) in [6.07, 6.45) is 0.586. The van der Waals surface area contributed by atoms with Crippen LogP contribution in [0.2, 0.25) is 5.02 Å². The van der Waals surface area contributed by atoms with Gasteiger partial charge in [0.1, 0.15) is 0 Å². The van der Waals surface area contributed by atoms with E-state index in [1.165, 1.54) is 0 Å². The fraction of sp³-hybridized carbons (Fsp3) is 0.353. The third kappa shape index (κ3) is 4.13. The summed E-state index contributed by atoms with van der Waals surface area (Å²) in [6.45, 7) is 2.57. The minimum Gasteiger partial charge on any atom is -0.351 e. The Morgan fingerprint density at radius 2 is 2.04 bits per heavy atom. The molecule has 3 rings (SSSR count). The van der Waals surface area contributed by atoms with Crippen LogP contribution in [0.5, 0.6) is 0 Å². The van der Waals surface area contributed by atoms with Gasteiger partial charge in [-0.15, -0.1) is 10.2 Å². The number of hydrogen-bond donors (Lipinski definition) is 1. The van der Waals surface area contributed by atoms with Gasteiger partial charge in [-0.05, 0) is 37.6 Å². The number of benzene rings is 1. The van der Waals surface area contributed by atoms with E-state index in [1.807, 2.05) is 11.8 Å². The zero-order valence-corrected chi connectivity index (χ0v) is 15.8. The molecule has 1 saturated heterocycles. The van der Waals surface area contributed by atoms with Gasteiger partial charge in [0, 0.05) is 12.6 Å². The lowest BCUT2D eigenvalue weighted by molar-refractivity contribution is 0.102. The highest BCUT2D eigenvalue weighted by atomic mass is 35.5. The number of nitrogens with zero attached hydrogens (tertiary/aromatic N) is 3. The van der Waals surface area contributed by atoms with E-state index in [-0.39, 0.29) is 23.5 Å². The molecule has 0 spiro atoms. The number of rotatable bonds is 5. The number of carbonyl (C=O) groups is 1. The van der Waals surface area contributed by atoms with E-state index in [4.69, 9.17) is 11.6 Å². The first-order valence-corrected chi connectivity index (χ1v) is 10.5. The normalized spacial score (nSPS) is 18.5. The first-order valence-electron chi connectivity index (χ1n) is 8.26. The van der Waals surface area contributed by atoms with Gasteiger partial charge < -0.3 is 10.2 Å². The molecule has 138 valence electrons. The van der Waals surface area contributed by atoms with E-state index >= 15 is 0 Å².